The highest BCUT2D eigenvalue weighted by Crippen LogP contribution is 2.22. The summed E-state index contributed by atoms with van der Waals surface area (Å²) in [5.74, 6) is 0.409. The zero-order valence-corrected chi connectivity index (χ0v) is 11.5. The van der Waals surface area contributed by atoms with E-state index in [0.717, 1.165) is 12.0 Å². The van der Waals surface area contributed by atoms with Crippen LogP contribution in [0.3, 0.4) is 0 Å². The van der Waals surface area contributed by atoms with Crippen molar-refractivity contribution in [1.29, 1.82) is 0 Å². The first-order valence-corrected chi connectivity index (χ1v) is 7.00. The Labute approximate surface area is 123 Å². The Morgan fingerprint density at radius 1 is 1.29 bits per heavy atom. The lowest BCUT2D eigenvalue weighted by molar-refractivity contribution is 0.419. The minimum absolute atomic E-state index is 0.378. The lowest BCUT2D eigenvalue weighted by atomic mass is 10.3. The summed E-state index contributed by atoms with van der Waals surface area (Å²) in [5.41, 5.74) is 0.372. The van der Waals surface area contributed by atoms with Crippen molar-refractivity contribution in [2.24, 2.45) is 0 Å². The molecule has 3 aromatic rings. The second-order valence-electron chi connectivity index (χ2n) is 4.09. The smallest absolute Gasteiger partial charge is 0.226 e. The van der Waals surface area contributed by atoms with E-state index in [9.17, 15) is 4.79 Å². The molecule has 1 aromatic carbocycles. The van der Waals surface area contributed by atoms with Crippen LogP contribution in [0.25, 0.3) is 5.69 Å². The van der Waals surface area contributed by atoms with Crippen molar-refractivity contribution >= 4 is 11.8 Å². The van der Waals surface area contributed by atoms with Gasteiger partial charge in [0.05, 0.1) is 11.4 Å². The number of hydrogen-bond acceptors (Lipinski definition) is 7. The predicted octanol–water partition coefficient (Wildman–Crippen LogP) is 1.61. The Hall–Kier alpha value is -2.61. The van der Waals surface area contributed by atoms with Gasteiger partial charge < -0.3 is 9.52 Å². The van der Waals surface area contributed by atoms with E-state index < -0.39 is 11.2 Å². The first-order valence-electron chi connectivity index (χ1n) is 6.01. The van der Waals surface area contributed by atoms with Gasteiger partial charge in [-0.25, -0.2) is 0 Å². The Balaban J connectivity index is 1.79. The van der Waals surface area contributed by atoms with E-state index in [4.69, 9.17) is 9.52 Å². The van der Waals surface area contributed by atoms with E-state index in [2.05, 4.69) is 15.5 Å². The molecule has 0 saturated heterocycles. The molecular formula is C13H10N4O3S. The Bertz CT molecular complexity index is 800. The van der Waals surface area contributed by atoms with Gasteiger partial charge in [0.1, 0.15) is 12.0 Å². The second-order valence-corrected chi connectivity index (χ2v) is 5.04. The van der Waals surface area contributed by atoms with Crippen LogP contribution in [0.1, 0.15) is 5.76 Å². The normalized spacial score (nSPS) is 10.7. The molecule has 0 saturated carbocycles. The van der Waals surface area contributed by atoms with Gasteiger partial charge in [-0.2, -0.15) is 4.68 Å². The van der Waals surface area contributed by atoms with Crippen LogP contribution in [-0.4, -0.2) is 25.3 Å². The standard InChI is InChI=1S/C13H10N4O3S/c18-11-6-10(20-7-12(11)19)8-21-13-14-15-16-17(13)9-4-2-1-3-5-9/h1-7,19H,8H2. The third-order valence-corrected chi connectivity index (χ3v) is 3.59. The zero-order valence-electron chi connectivity index (χ0n) is 10.7. The molecular weight excluding hydrogens is 292 g/mol. The van der Waals surface area contributed by atoms with Crippen LogP contribution >= 0.6 is 11.8 Å². The molecule has 0 aliphatic carbocycles. The van der Waals surface area contributed by atoms with E-state index in [1.165, 1.54) is 17.8 Å². The molecule has 3 rings (SSSR count). The maximum atomic E-state index is 11.3. The number of hydrogen-bond donors (Lipinski definition) is 1. The van der Waals surface area contributed by atoms with Crippen molar-refractivity contribution in [2.75, 3.05) is 0 Å². The van der Waals surface area contributed by atoms with E-state index >= 15 is 0 Å². The van der Waals surface area contributed by atoms with Gasteiger partial charge in [0.15, 0.2) is 5.75 Å². The van der Waals surface area contributed by atoms with Gasteiger partial charge in [0.25, 0.3) is 0 Å². The summed E-state index contributed by atoms with van der Waals surface area (Å²) < 4.78 is 6.73. The van der Waals surface area contributed by atoms with Gasteiger partial charge in [0, 0.05) is 6.07 Å². The molecule has 0 amide bonds. The third kappa shape index (κ3) is 2.95. The molecule has 0 unspecified atom stereocenters. The lowest BCUT2D eigenvalue weighted by Gasteiger charge is -2.03. The summed E-state index contributed by atoms with van der Waals surface area (Å²) in [4.78, 5) is 11.3. The molecule has 0 fully saturated rings. The molecule has 2 aromatic heterocycles. The van der Waals surface area contributed by atoms with Crippen LogP contribution in [0.5, 0.6) is 5.75 Å². The average Bonchev–Trinajstić information content (AvgIpc) is 2.98. The van der Waals surface area contributed by atoms with E-state index in [1.807, 2.05) is 30.3 Å². The van der Waals surface area contributed by atoms with Crippen LogP contribution in [0.15, 0.2) is 57.0 Å². The number of rotatable bonds is 4. The number of aromatic nitrogens is 4. The van der Waals surface area contributed by atoms with Gasteiger partial charge in [-0.3, -0.25) is 4.79 Å². The van der Waals surface area contributed by atoms with Gasteiger partial charge >= 0.3 is 0 Å². The fraction of sp³-hybridized carbons (Fsp3) is 0.0769. The van der Waals surface area contributed by atoms with E-state index in [0.29, 0.717) is 16.7 Å². The Morgan fingerprint density at radius 3 is 2.86 bits per heavy atom. The summed E-state index contributed by atoms with van der Waals surface area (Å²) in [6.45, 7) is 0. The molecule has 0 atom stereocenters. The quantitative estimate of drug-likeness (QED) is 0.732. The number of para-hydroxylation sites is 1. The third-order valence-electron chi connectivity index (χ3n) is 2.65. The molecule has 8 heteroatoms. The highest BCUT2D eigenvalue weighted by atomic mass is 32.2. The molecule has 0 aliphatic rings. The number of thioether (sulfide) groups is 1. The second kappa shape index (κ2) is 5.80. The minimum Gasteiger partial charge on any atom is -0.502 e. The highest BCUT2D eigenvalue weighted by Gasteiger charge is 2.10. The SMILES string of the molecule is O=c1cc(CSc2nnnn2-c2ccccc2)occ1O. The first-order chi connectivity index (χ1) is 10.2. The summed E-state index contributed by atoms with van der Waals surface area (Å²) in [7, 11) is 0. The highest BCUT2D eigenvalue weighted by molar-refractivity contribution is 7.98. The van der Waals surface area contributed by atoms with Crippen LogP contribution < -0.4 is 5.43 Å². The van der Waals surface area contributed by atoms with Gasteiger partial charge in [0.2, 0.25) is 10.6 Å². The maximum absolute atomic E-state index is 11.3. The van der Waals surface area contributed by atoms with Crippen molar-refractivity contribution in [3.8, 4) is 11.4 Å². The van der Waals surface area contributed by atoms with Gasteiger partial charge in [-0.15, -0.1) is 5.10 Å². The van der Waals surface area contributed by atoms with Crippen LogP contribution in [0.4, 0.5) is 0 Å². The summed E-state index contributed by atoms with van der Waals surface area (Å²) >= 11 is 1.33. The molecule has 7 nitrogen and oxygen atoms in total. The molecule has 2 heterocycles. The van der Waals surface area contributed by atoms with Crippen LogP contribution in [0.2, 0.25) is 0 Å². The number of benzene rings is 1. The molecule has 0 aliphatic heterocycles. The fourth-order valence-corrected chi connectivity index (χ4v) is 2.44. The van der Waals surface area contributed by atoms with Gasteiger partial charge in [-0.05, 0) is 22.6 Å². The monoisotopic (exact) mass is 302 g/mol. The van der Waals surface area contributed by atoms with Crippen LogP contribution in [0, 0.1) is 0 Å². The summed E-state index contributed by atoms with van der Waals surface area (Å²) in [6.07, 6.45) is 1.03. The number of nitrogens with zero attached hydrogens (tertiary/aromatic N) is 4. The molecule has 0 radical (unpaired) electrons. The van der Waals surface area contributed by atoms with E-state index in [1.54, 1.807) is 4.68 Å². The maximum Gasteiger partial charge on any atom is 0.226 e. The van der Waals surface area contributed by atoms with Crippen molar-refractivity contribution < 1.29 is 9.52 Å². The molecule has 0 spiro atoms. The summed E-state index contributed by atoms with van der Waals surface area (Å²) in [5, 5.41) is 21.2. The van der Waals surface area contributed by atoms with Crippen LogP contribution in [-0.2, 0) is 5.75 Å². The van der Waals surface area contributed by atoms with Crippen molar-refractivity contribution in [3.05, 3.63) is 58.6 Å². The largest absolute Gasteiger partial charge is 0.502 e. The van der Waals surface area contributed by atoms with E-state index in [-0.39, 0.29) is 0 Å². The predicted molar refractivity (Wildman–Crippen MR) is 75.4 cm³/mol. The summed E-state index contributed by atoms with van der Waals surface area (Å²) in [6, 6.07) is 10.7. The van der Waals surface area contributed by atoms with Crippen molar-refractivity contribution in [1.82, 2.24) is 20.2 Å². The molecule has 106 valence electrons. The van der Waals surface area contributed by atoms with Gasteiger partial charge in [-0.1, -0.05) is 30.0 Å². The molecule has 0 bridgehead atoms. The Morgan fingerprint density at radius 2 is 2.10 bits per heavy atom. The first kappa shape index (κ1) is 13.4. The Kier molecular flexibility index (Phi) is 3.69. The zero-order chi connectivity index (χ0) is 14.7. The average molecular weight is 302 g/mol. The van der Waals surface area contributed by atoms with Crippen molar-refractivity contribution in [3.63, 3.8) is 0 Å². The van der Waals surface area contributed by atoms with Crippen molar-refractivity contribution in [2.45, 2.75) is 10.9 Å². The fourth-order valence-electron chi connectivity index (χ4n) is 1.66. The number of aromatic hydroxyl groups is 1. The lowest BCUT2D eigenvalue weighted by Crippen LogP contribution is -2.01. The molecule has 21 heavy (non-hydrogen) atoms. The number of tetrazole rings is 1. The minimum atomic E-state index is -0.473. The topological polar surface area (TPSA) is 94.0 Å². The molecule has 1 N–H and O–H groups in total.